The molecule has 0 fully saturated rings. The van der Waals surface area contributed by atoms with E-state index in [4.69, 9.17) is 28.4 Å². The van der Waals surface area contributed by atoms with Crippen LogP contribution in [0.15, 0.2) is 54.6 Å². The first-order valence-corrected chi connectivity index (χ1v) is 16.2. The second kappa shape index (κ2) is 20.4. The van der Waals surface area contributed by atoms with Gasteiger partial charge in [-0.1, -0.05) is 32.0 Å². The number of ether oxygens (including phenoxy) is 6. The zero-order chi connectivity index (χ0) is 30.7. The summed E-state index contributed by atoms with van der Waals surface area (Å²) in [6.07, 6.45) is 2.54. The van der Waals surface area contributed by atoms with Crippen LogP contribution in [-0.2, 0) is 0 Å². The second-order valence-electron chi connectivity index (χ2n) is 8.94. The maximum Gasteiger partial charge on any atom is 0.161 e. The average Bonchev–Trinajstić information content (AvgIpc) is 3.03. The lowest BCUT2D eigenvalue weighted by Gasteiger charge is -2.23. The summed E-state index contributed by atoms with van der Waals surface area (Å²) in [6.45, 7) is 5.71. The SMILES string of the molecule is CC.COc1cc(C(c2ccc(OCCCS)c(OC)c2)c2ccc(OCCCS)c(OC)c2)ccc1OCCCS. The van der Waals surface area contributed by atoms with Gasteiger partial charge in [0.25, 0.3) is 0 Å². The van der Waals surface area contributed by atoms with Crippen LogP contribution < -0.4 is 28.4 Å². The Kier molecular flexibility index (Phi) is 17.4. The molecule has 9 heteroatoms. The molecule has 232 valence electrons. The Morgan fingerprint density at radius 1 is 0.476 bits per heavy atom. The van der Waals surface area contributed by atoms with Crippen molar-refractivity contribution < 1.29 is 28.4 Å². The lowest BCUT2D eigenvalue weighted by Crippen LogP contribution is -2.07. The van der Waals surface area contributed by atoms with E-state index in [1.165, 1.54) is 0 Å². The van der Waals surface area contributed by atoms with Crippen LogP contribution in [0.3, 0.4) is 0 Å². The number of benzene rings is 3. The normalized spacial score (nSPS) is 10.5. The van der Waals surface area contributed by atoms with Crippen molar-refractivity contribution in [2.24, 2.45) is 0 Å². The highest BCUT2D eigenvalue weighted by molar-refractivity contribution is 7.80. The Morgan fingerprint density at radius 2 is 0.762 bits per heavy atom. The molecular formula is C33H46O6S3. The van der Waals surface area contributed by atoms with Gasteiger partial charge in [0.15, 0.2) is 34.5 Å². The highest BCUT2D eigenvalue weighted by Crippen LogP contribution is 2.42. The van der Waals surface area contributed by atoms with Gasteiger partial charge in [-0.3, -0.25) is 0 Å². The number of hydrogen-bond acceptors (Lipinski definition) is 9. The van der Waals surface area contributed by atoms with Gasteiger partial charge < -0.3 is 28.4 Å². The van der Waals surface area contributed by atoms with E-state index in [0.717, 1.165) is 53.2 Å². The molecule has 6 nitrogen and oxygen atoms in total. The maximum atomic E-state index is 5.95. The highest BCUT2D eigenvalue weighted by Gasteiger charge is 2.22. The molecule has 42 heavy (non-hydrogen) atoms. The van der Waals surface area contributed by atoms with Crippen LogP contribution >= 0.6 is 37.9 Å². The minimum absolute atomic E-state index is 0.166. The summed E-state index contributed by atoms with van der Waals surface area (Å²) >= 11 is 12.8. The maximum absolute atomic E-state index is 5.95. The van der Waals surface area contributed by atoms with Gasteiger partial charge >= 0.3 is 0 Å². The Balaban J connectivity index is 0.00000301. The molecule has 0 aromatic heterocycles. The Labute approximate surface area is 268 Å². The van der Waals surface area contributed by atoms with Crippen LogP contribution in [0.1, 0.15) is 55.7 Å². The number of rotatable bonds is 18. The molecule has 3 rings (SSSR count). The molecule has 0 aliphatic heterocycles. The van der Waals surface area contributed by atoms with Crippen LogP contribution in [-0.4, -0.2) is 58.4 Å². The van der Waals surface area contributed by atoms with E-state index in [9.17, 15) is 0 Å². The predicted molar refractivity (Wildman–Crippen MR) is 183 cm³/mol. The van der Waals surface area contributed by atoms with Gasteiger partial charge in [0.2, 0.25) is 0 Å². The number of hydrogen-bond donors (Lipinski definition) is 3. The first-order valence-electron chi connectivity index (χ1n) is 14.3. The van der Waals surface area contributed by atoms with Crippen molar-refractivity contribution in [3.63, 3.8) is 0 Å². The van der Waals surface area contributed by atoms with Gasteiger partial charge in [0.1, 0.15) is 0 Å². The van der Waals surface area contributed by atoms with E-state index < -0.39 is 0 Å². The van der Waals surface area contributed by atoms with E-state index >= 15 is 0 Å². The molecule has 3 aromatic carbocycles. The minimum atomic E-state index is -0.166. The first kappa shape index (κ1) is 35.7. The van der Waals surface area contributed by atoms with E-state index in [1.807, 2.05) is 50.2 Å². The molecule has 0 amide bonds. The van der Waals surface area contributed by atoms with Crippen molar-refractivity contribution in [3.8, 4) is 34.5 Å². The fourth-order valence-corrected chi connectivity index (χ4v) is 4.65. The molecule has 0 heterocycles. The third kappa shape index (κ3) is 10.3. The molecule has 0 spiro atoms. The van der Waals surface area contributed by atoms with E-state index in [1.54, 1.807) is 21.3 Å². The van der Waals surface area contributed by atoms with Gasteiger partial charge in [-0.15, -0.1) is 0 Å². The third-order valence-corrected chi connectivity index (χ3v) is 7.19. The molecule has 0 radical (unpaired) electrons. The van der Waals surface area contributed by atoms with Crippen molar-refractivity contribution in [1.82, 2.24) is 0 Å². The molecular weight excluding hydrogens is 589 g/mol. The van der Waals surface area contributed by atoms with E-state index in [-0.39, 0.29) is 5.92 Å². The topological polar surface area (TPSA) is 55.4 Å². The smallest absolute Gasteiger partial charge is 0.161 e. The summed E-state index contributed by atoms with van der Waals surface area (Å²) in [5.41, 5.74) is 3.07. The third-order valence-electron chi connectivity index (χ3n) is 6.24. The molecule has 0 bridgehead atoms. The predicted octanol–water partition coefficient (Wildman–Crippen LogP) is 8.01. The van der Waals surface area contributed by atoms with Gasteiger partial charge in [0, 0.05) is 5.92 Å². The Hall–Kier alpha value is -2.49. The standard InChI is InChI=1S/C31H40O6S3.C2H6/c1-32-28-19-22(7-10-25(28)35-13-4-16-38)31(23-8-11-26(29(20-23)33-2)36-14-5-17-39)24-9-12-27(30(21-24)34-3)37-15-6-18-40;1-2/h7-12,19-21,31,38-40H,4-6,13-18H2,1-3H3;1-2H3. The number of methoxy groups -OCH3 is 3. The monoisotopic (exact) mass is 634 g/mol. The van der Waals surface area contributed by atoms with Gasteiger partial charge in [-0.25, -0.2) is 0 Å². The lowest BCUT2D eigenvalue weighted by atomic mass is 9.84. The van der Waals surface area contributed by atoms with Crippen molar-refractivity contribution in [2.45, 2.75) is 39.0 Å². The number of thiol groups is 3. The summed E-state index contributed by atoms with van der Waals surface area (Å²) in [7, 11) is 4.96. The van der Waals surface area contributed by atoms with E-state index in [2.05, 4.69) is 56.1 Å². The molecule has 0 saturated carbocycles. The Morgan fingerprint density at radius 3 is 1.00 bits per heavy atom. The molecule has 0 saturated heterocycles. The first-order chi connectivity index (χ1) is 20.6. The van der Waals surface area contributed by atoms with Gasteiger partial charge in [-0.05, 0) is 89.6 Å². The second-order valence-corrected chi connectivity index (χ2v) is 10.3. The zero-order valence-electron chi connectivity index (χ0n) is 25.4. The van der Waals surface area contributed by atoms with Crippen LogP contribution in [0.4, 0.5) is 0 Å². The van der Waals surface area contributed by atoms with Gasteiger partial charge in [-0.2, -0.15) is 37.9 Å². The minimum Gasteiger partial charge on any atom is -0.493 e. The average molecular weight is 635 g/mol. The van der Waals surface area contributed by atoms with Crippen LogP contribution in [0, 0.1) is 0 Å². The van der Waals surface area contributed by atoms with Gasteiger partial charge in [0.05, 0.1) is 41.2 Å². The molecule has 0 aliphatic rings. The van der Waals surface area contributed by atoms with E-state index in [0.29, 0.717) is 54.3 Å². The fourth-order valence-electron chi connectivity index (χ4n) is 4.27. The van der Waals surface area contributed by atoms with Crippen LogP contribution in [0.2, 0.25) is 0 Å². The fraction of sp³-hybridized carbons (Fsp3) is 0.455. The lowest BCUT2D eigenvalue weighted by molar-refractivity contribution is 0.294. The molecule has 0 unspecified atom stereocenters. The zero-order valence-corrected chi connectivity index (χ0v) is 28.1. The summed E-state index contributed by atoms with van der Waals surface area (Å²) in [5.74, 6) is 6.20. The van der Waals surface area contributed by atoms with Crippen molar-refractivity contribution in [1.29, 1.82) is 0 Å². The highest BCUT2D eigenvalue weighted by atomic mass is 32.1. The molecule has 0 atom stereocenters. The van der Waals surface area contributed by atoms with Crippen LogP contribution in [0.25, 0.3) is 0 Å². The molecule has 0 N–H and O–H groups in total. The van der Waals surface area contributed by atoms with Crippen molar-refractivity contribution in [3.05, 3.63) is 71.3 Å². The summed E-state index contributed by atoms with van der Waals surface area (Å²) < 4.78 is 35.1. The largest absolute Gasteiger partial charge is 0.493 e. The molecule has 3 aromatic rings. The van der Waals surface area contributed by atoms with Crippen molar-refractivity contribution in [2.75, 3.05) is 58.4 Å². The van der Waals surface area contributed by atoms with Crippen LogP contribution in [0.5, 0.6) is 34.5 Å². The quantitative estimate of drug-likeness (QED) is 0.0749. The summed E-state index contributed by atoms with van der Waals surface area (Å²) in [5, 5.41) is 0. The van der Waals surface area contributed by atoms with Crippen molar-refractivity contribution >= 4 is 37.9 Å². The summed E-state index contributed by atoms with van der Waals surface area (Å²) in [4.78, 5) is 0. The molecule has 0 aliphatic carbocycles. The Bertz CT molecular complexity index is 1040. The summed E-state index contributed by atoms with van der Waals surface area (Å²) in [6, 6.07) is 18.1.